The summed E-state index contributed by atoms with van der Waals surface area (Å²) in [4.78, 5) is 2.37. The van der Waals surface area contributed by atoms with Crippen molar-refractivity contribution in [3.05, 3.63) is 126 Å². The number of benzene rings is 3. The molecule has 0 aliphatic heterocycles. The Morgan fingerprint density at radius 3 is 2.00 bits per heavy atom. The van der Waals surface area contributed by atoms with Gasteiger partial charge in [-0.1, -0.05) is 109 Å². The zero-order valence-corrected chi connectivity index (χ0v) is 16.8. The van der Waals surface area contributed by atoms with E-state index in [2.05, 4.69) is 72.2 Å². The van der Waals surface area contributed by atoms with Crippen molar-refractivity contribution >= 4 is 6.08 Å². The molecule has 2 atom stereocenters. The van der Waals surface area contributed by atoms with Crippen LogP contribution < -0.4 is 0 Å². The Kier molecular flexibility index (Phi) is 8.00. The second kappa shape index (κ2) is 11.2. The highest BCUT2D eigenvalue weighted by molar-refractivity contribution is 5.49. The Morgan fingerprint density at radius 2 is 1.41 bits per heavy atom. The fraction of sp³-hybridized carbons (Fsp3) is 0.185. The first kappa shape index (κ1) is 20.8. The minimum atomic E-state index is -0.0956. The topological polar surface area (TPSA) is 23.5 Å². The predicted octanol–water partition coefficient (Wildman–Crippen LogP) is 5.88. The standard InChI is InChI=1S/C27H29NO/c1-2-12-26(20-19-23-13-6-3-7-14-23)28(21-24-15-8-4-9-16-24)27(22-29)25-17-10-5-11-18-25/h2-11,13-20,26-27,29H,1,12,21-22H2/b20-19+/t26?,27-/m1/s1. The summed E-state index contributed by atoms with van der Waals surface area (Å²) in [6, 6.07) is 31.0. The molecule has 0 aromatic heterocycles. The zero-order valence-electron chi connectivity index (χ0n) is 16.8. The zero-order chi connectivity index (χ0) is 20.3. The Balaban J connectivity index is 1.95. The van der Waals surface area contributed by atoms with Crippen molar-refractivity contribution in [3.63, 3.8) is 0 Å². The van der Waals surface area contributed by atoms with Crippen LogP contribution in [0.25, 0.3) is 6.08 Å². The first-order valence-electron chi connectivity index (χ1n) is 10.1. The summed E-state index contributed by atoms with van der Waals surface area (Å²) in [6.07, 6.45) is 7.15. The van der Waals surface area contributed by atoms with E-state index in [4.69, 9.17) is 0 Å². The lowest BCUT2D eigenvalue weighted by Crippen LogP contribution is -2.38. The summed E-state index contributed by atoms with van der Waals surface area (Å²) in [7, 11) is 0. The molecule has 0 aliphatic rings. The lowest BCUT2D eigenvalue weighted by atomic mass is 10.00. The summed E-state index contributed by atoms with van der Waals surface area (Å²) >= 11 is 0. The molecule has 0 heterocycles. The van der Waals surface area contributed by atoms with Crippen molar-refractivity contribution < 1.29 is 5.11 Å². The quantitative estimate of drug-likeness (QED) is 0.442. The van der Waals surface area contributed by atoms with Crippen LogP contribution in [0.4, 0.5) is 0 Å². The highest BCUT2D eigenvalue weighted by Crippen LogP contribution is 2.27. The molecule has 2 nitrogen and oxygen atoms in total. The molecule has 3 aromatic carbocycles. The largest absolute Gasteiger partial charge is 0.394 e. The van der Waals surface area contributed by atoms with Gasteiger partial charge >= 0.3 is 0 Å². The minimum Gasteiger partial charge on any atom is -0.394 e. The normalized spacial score (nSPS) is 13.4. The maximum absolute atomic E-state index is 10.3. The van der Waals surface area contributed by atoms with E-state index in [0.29, 0.717) is 0 Å². The van der Waals surface area contributed by atoms with Crippen molar-refractivity contribution in [3.8, 4) is 0 Å². The molecule has 148 valence electrons. The fourth-order valence-electron chi connectivity index (χ4n) is 3.61. The predicted molar refractivity (Wildman–Crippen MR) is 122 cm³/mol. The summed E-state index contributed by atoms with van der Waals surface area (Å²) in [6.45, 7) is 4.79. The second-order valence-corrected chi connectivity index (χ2v) is 7.13. The van der Waals surface area contributed by atoms with E-state index in [1.54, 1.807) is 0 Å². The molecule has 29 heavy (non-hydrogen) atoms. The van der Waals surface area contributed by atoms with E-state index in [-0.39, 0.29) is 18.7 Å². The maximum atomic E-state index is 10.3. The number of hydrogen-bond donors (Lipinski definition) is 1. The van der Waals surface area contributed by atoms with Gasteiger partial charge in [-0.05, 0) is 23.1 Å². The van der Waals surface area contributed by atoms with Crippen LogP contribution >= 0.6 is 0 Å². The van der Waals surface area contributed by atoms with Crippen molar-refractivity contribution in [2.75, 3.05) is 6.61 Å². The summed E-state index contributed by atoms with van der Waals surface area (Å²) in [5.74, 6) is 0. The van der Waals surface area contributed by atoms with Gasteiger partial charge in [-0.25, -0.2) is 0 Å². The third-order valence-corrected chi connectivity index (χ3v) is 5.11. The fourth-order valence-corrected chi connectivity index (χ4v) is 3.61. The van der Waals surface area contributed by atoms with Crippen molar-refractivity contribution in [2.24, 2.45) is 0 Å². The molecule has 3 rings (SSSR count). The average molecular weight is 384 g/mol. The first-order valence-corrected chi connectivity index (χ1v) is 10.1. The van der Waals surface area contributed by atoms with E-state index in [0.717, 1.165) is 18.5 Å². The number of aliphatic hydroxyl groups is 1. The van der Waals surface area contributed by atoms with Gasteiger partial charge in [-0.2, -0.15) is 0 Å². The Labute approximate surface area is 174 Å². The molecule has 0 aliphatic carbocycles. The van der Waals surface area contributed by atoms with Crippen LogP contribution in [0.5, 0.6) is 0 Å². The van der Waals surface area contributed by atoms with E-state index in [1.807, 2.05) is 48.5 Å². The minimum absolute atomic E-state index is 0.0592. The third kappa shape index (κ3) is 6.02. The molecule has 1 N–H and O–H groups in total. The Morgan fingerprint density at radius 1 is 0.828 bits per heavy atom. The molecule has 0 spiro atoms. The van der Waals surface area contributed by atoms with E-state index in [9.17, 15) is 5.11 Å². The molecule has 0 fully saturated rings. The molecule has 0 radical (unpaired) electrons. The summed E-state index contributed by atoms with van der Waals surface area (Å²) < 4.78 is 0. The molecule has 1 unspecified atom stereocenters. The molecular weight excluding hydrogens is 354 g/mol. The highest BCUT2D eigenvalue weighted by Gasteiger charge is 2.25. The molecule has 2 heteroatoms. The van der Waals surface area contributed by atoms with Gasteiger partial charge in [0.05, 0.1) is 12.6 Å². The number of hydrogen-bond acceptors (Lipinski definition) is 2. The van der Waals surface area contributed by atoms with Gasteiger partial charge in [0.25, 0.3) is 0 Å². The van der Waals surface area contributed by atoms with Crippen LogP contribution in [-0.4, -0.2) is 22.7 Å². The first-order chi connectivity index (χ1) is 14.3. The van der Waals surface area contributed by atoms with Gasteiger partial charge in [-0.3, -0.25) is 4.90 Å². The van der Waals surface area contributed by atoms with Crippen LogP contribution in [0.1, 0.15) is 29.2 Å². The van der Waals surface area contributed by atoms with Crippen molar-refractivity contribution in [2.45, 2.75) is 25.0 Å². The summed E-state index contributed by atoms with van der Waals surface area (Å²) in [5, 5.41) is 10.3. The second-order valence-electron chi connectivity index (χ2n) is 7.13. The van der Waals surface area contributed by atoms with Gasteiger partial charge < -0.3 is 5.11 Å². The molecule has 3 aromatic rings. The lowest BCUT2D eigenvalue weighted by molar-refractivity contribution is 0.0931. The molecule has 0 saturated carbocycles. The Bertz CT molecular complexity index is 874. The van der Waals surface area contributed by atoms with Gasteiger partial charge in [0, 0.05) is 12.6 Å². The van der Waals surface area contributed by atoms with Crippen molar-refractivity contribution in [1.29, 1.82) is 0 Å². The Hall–Kier alpha value is -2.94. The van der Waals surface area contributed by atoms with E-state index >= 15 is 0 Å². The molecular formula is C27H29NO. The SMILES string of the molecule is C=CCC(/C=C/c1ccccc1)N(Cc1ccccc1)[C@H](CO)c1ccccc1. The van der Waals surface area contributed by atoms with Crippen LogP contribution in [0, 0.1) is 0 Å². The van der Waals surface area contributed by atoms with Gasteiger partial charge in [0.15, 0.2) is 0 Å². The van der Waals surface area contributed by atoms with E-state index < -0.39 is 0 Å². The highest BCUT2D eigenvalue weighted by atomic mass is 16.3. The van der Waals surface area contributed by atoms with Crippen LogP contribution in [0.3, 0.4) is 0 Å². The molecule has 0 amide bonds. The molecule has 0 saturated heterocycles. The third-order valence-electron chi connectivity index (χ3n) is 5.11. The average Bonchev–Trinajstić information content (AvgIpc) is 2.79. The monoisotopic (exact) mass is 383 g/mol. The number of rotatable bonds is 10. The van der Waals surface area contributed by atoms with E-state index in [1.165, 1.54) is 11.1 Å². The number of nitrogens with zero attached hydrogens (tertiary/aromatic N) is 1. The van der Waals surface area contributed by atoms with Gasteiger partial charge in [0.2, 0.25) is 0 Å². The lowest BCUT2D eigenvalue weighted by Gasteiger charge is -2.36. The van der Waals surface area contributed by atoms with Crippen LogP contribution in [0.2, 0.25) is 0 Å². The summed E-state index contributed by atoms with van der Waals surface area (Å²) in [5.41, 5.74) is 3.51. The van der Waals surface area contributed by atoms with Gasteiger partial charge in [-0.15, -0.1) is 6.58 Å². The molecule has 0 bridgehead atoms. The number of aliphatic hydroxyl groups excluding tert-OH is 1. The maximum Gasteiger partial charge on any atom is 0.0628 e. The van der Waals surface area contributed by atoms with Crippen LogP contribution in [0.15, 0.2) is 110 Å². The smallest absolute Gasteiger partial charge is 0.0628 e. The van der Waals surface area contributed by atoms with Crippen LogP contribution in [-0.2, 0) is 6.54 Å². The van der Waals surface area contributed by atoms with Gasteiger partial charge in [0.1, 0.15) is 0 Å². The van der Waals surface area contributed by atoms with Crippen molar-refractivity contribution in [1.82, 2.24) is 4.90 Å².